The Hall–Kier alpha value is 0.110. The Morgan fingerprint density at radius 2 is 1.60 bits per heavy atom. The summed E-state index contributed by atoms with van der Waals surface area (Å²) in [4.78, 5) is 0. The van der Waals surface area contributed by atoms with Gasteiger partial charge in [0.1, 0.15) is 0 Å². The minimum atomic E-state index is -0.718. The molecular formula is C17H31NOS. The lowest BCUT2D eigenvalue weighted by Crippen LogP contribution is -2.56. The zero-order valence-corrected chi connectivity index (χ0v) is 14.0. The molecule has 0 radical (unpaired) electrons. The van der Waals surface area contributed by atoms with Crippen LogP contribution in [0.5, 0.6) is 0 Å². The molecule has 0 amide bonds. The van der Waals surface area contributed by atoms with Crippen molar-refractivity contribution in [3.05, 3.63) is 0 Å². The van der Waals surface area contributed by atoms with Crippen LogP contribution in [0.25, 0.3) is 0 Å². The van der Waals surface area contributed by atoms with Gasteiger partial charge in [0.2, 0.25) is 0 Å². The fourth-order valence-electron chi connectivity index (χ4n) is 5.51. The van der Waals surface area contributed by atoms with E-state index in [9.17, 15) is 4.21 Å². The maximum Gasteiger partial charge on any atom is 0.0392 e. The van der Waals surface area contributed by atoms with E-state index >= 15 is 0 Å². The number of hydrogen-bond donors (Lipinski definition) is 1. The predicted octanol–water partition coefficient (Wildman–Crippen LogP) is 3.32. The van der Waals surface area contributed by atoms with E-state index in [-0.39, 0.29) is 6.04 Å². The van der Waals surface area contributed by atoms with Crippen molar-refractivity contribution in [3.8, 4) is 0 Å². The van der Waals surface area contributed by atoms with Gasteiger partial charge in [0.05, 0.1) is 0 Å². The largest absolute Gasteiger partial charge is 0.326 e. The molecule has 0 aliphatic heterocycles. The van der Waals surface area contributed by atoms with Crippen LogP contribution in [-0.4, -0.2) is 21.8 Å². The highest BCUT2D eigenvalue weighted by Gasteiger charge is 2.53. The normalized spacial score (nSPS) is 43.5. The molecule has 0 aromatic carbocycles. The first-order valence-corrected chi connectivity index (χ1v) is 10.1. The van der Waals surface area contributed by atoms with Crippen LogP contribution >= 0.6 is 0 Å². The number of hydrogen-bond acceptors (Lipinski definition) is 2. The second-order valence-electron chi connectivity index (χ2n) is 8.17. The van der Waals surface area contributed by atoms with E-state index in [1.165, 1.54) is 38.5 Å². The highest BCUT2D eigenvalue weighted by molar-refractivity contribution is 7.85. The smallest absolute Gasteiger partial charge is 0.0392 e. The molecule has 4 saturated carbocycles. The zero-order chi connectivity index (χ0) is 14.3. The molecule has 0 saturated heterocycles. The number of rotatable bonds is 6. The maximum absolute atomic E-state index is 12.3. The summed E-state index contributed by atoms with van der Waals surface area (Å²) < 4.78 is 12.3. The Kier molecular flexibility index (Phi) is 4.29. The predicted molar refractivity (Wildman–Crippen MR) is 85.9 cm³/mol. The molecule has 4 bridgehead atoms. The molecule has 3 atom stereocenters. The van der Waals surface area contributed by atoms with Crippen LogP contribution in [-0.2, 0) is 10.8 Å². The van der Waals surface area contributed by atoms with Crippen molar-refractivity contribution in [3.63, 3.8) is 0 Å². The lowest BCUT2D eigenvalue weighted by atomic mass is 9.48. The van der Waals surface area contributed by atoms with Crippen LogP contribution in [0.3, 0.4) is 0 Å². The van der Waals surface area contributed by atoms with Crippen molar-refractivity contribution < 1.29 is 4.21 Å². The van der Waals surface area contributed by atoms with E-state index in [0.29, 0.717) is 11.3 Å². The molecule has 3 heteroatoms. The summed E-state index contributed by atoms with van der Waals surface area (Å²) in [5, 5.41) is 0. The summed E-state index contributed by atoms with van der Waals surface area (Å²) in [6, 6.07) is 0.181. The topological polar surface area (TPSA) is 43.1 Å². The first-order valence-electron chi connectivity index (χ1n) is 8.61. The van der Waals surface area contributed by atoms with Crippen molar-refractivity contribution in [1.82, 2.24) is 0 Å². The van der Waals surface area contributed by atoms with Crippen LogP contribution in [0, 0.1) is 29.1 Å². The molecule has 4 fully saturated rings. The van der Waals surface area contributed by atoms with E-state index in [0.717, 1.165) is 35.7 Å². The SMILES string of the molecule is CCC(C)CS(=O)CC(N)C12CC3CC(CC(C3)C1)C2. The molecule has 0 aromatic heterocycles. The third-order valence-electron chi connectivity index (χ3n) is 6.40. The Labute approximate surface area is 126 Å². The van der Waals surface area contributed by atoms with Gasteiger partial charge in [-0.25, -0.2) is 0 Å². The van der Waals surface area contributed by atoms with E-state index in [1.54, 1.807) is 0 Å². The lowest BCUT2D eigenvalue weighted by molar-refractivity contribution is -0.0630. The Morgan fingerprint density at radius 3 is 2.05 bits per heavy atom. The molecule has 2 N–H and O–H groups in total. The van der Waals surface area contributed by atoms with Gasteiger partial charge in [0.15, 0.2) is 0 Å². The minimum absolute atomic E-state index is 0.181. The average Bonchev–Trinajstić information content (AvgIpc) is 2.36. The van der Waals surface area contributed by atoms with E-state index in [1.807, 2.05) is 0 Å². The molecule has 0 heterocycles. The van der Waals surface area contributed by atoms with Gasteiger partial charge in [-0.3, -0.25) is 4.21 Å². The molecule has 4 aliphatic rings. The summed E-state index contributed by atoms with van der Waals surface area (Å²) in [5.74, 6) is 4.98. The van der Waals surface area contributed by atoms with Gasteiger partial charge in [0.25, 0.3) is 0 Å². The highest BCUT2D eigenvalue weighted by atomic mass is 32.2. The number of nitrogens with two attached hydrogens (primary N) is 1. The van der Waals surface area contributed by atoms with Gasteiger partial charge in [-0.2, -0.15) is 0 Å². The van der Waals surface area contributed by atoms with Crippen LogP contribution in [0.2, 0.25) is 0 Å². The third kappa shape index (κ3) is 2.85. The Morgan fingerprint density at radius 1 is 1.10 bits per heavy atom. The molecule has 4 aliphatic carbocycles. The van der Waals surface area contributed by atoms with Crippen molar-refractivity contribution in [2.45, 2.75) is 64.8 Å². The Balaban J connectivity index is 1.62. The molecule has 4 rings (SSSR count). The fourth-order valence-corrected chi connectivity index (χ4v) is 7.27. The molecule has 20 heavy (non-hydrogen) atoms. The lowest BCUT2D eigenvalue weighted by Gasteiger charge is -2.59. The Bertz CT molecular complexity index is 346. The van der Waals surface area contributed by atoms with Crippen molar-refractivity contribution in [1.29, 1.82) is 0 Å². The molecule has 0 spiro atoms. The first-order chi connectivity index (χ1) is 9.50. The molecule has 0 aromatic rings. The van der Waals surface area contributed by atoms with Gasteiger partial charge in [-0.05, 0) is 67.6 Å². The second-order valence-corrected chi connectivity index (χ2v) is 9.72. The molecule has 2 nitrogen and oxygen atoms in total. The summed E-state index contributed by atoms with van der Waals surface area (Å²) in [6.07, 6.45) is 9.51. The van der Waals surface area contributed by atoms with Crippen molar-refractivity contribution in [2.75, 3.05) is 11.5 Å². The van der Waals surface area contributed by atoms with E-state index < -0.39 is 10.8 Å². The van der Waals surface area contributed by atoms with Crippen molar-refractivity contribution in [2.24, 2.45) is 34.8 Å². The van der Waals surface area contributed by atoms with Crippen LogP contribution in [0.4, 0.5) is 0 Å². The minimum Gasteiger partial charge on any atom is -0.326 e. The molecule has 3 unspecified atom stereocenters. The second kappa shape index (κ2) is 5.72. The van der Waals surface area contributed by atoms with Gasteiger partial charge < -0.3 is 5.73 Å². The van der Waals surface area contributed by atoms with Gasteiger partial charge in [-0.15, -0.1) is 0 Å². The quantitative estimate of drug-likeness (QED) is 0.817. The summed E-state index contributed by atoms with van der Waals surface area (Å²) >= 11 is 0. The fraction of sp³-hybridized carbons (Fsp3) is 1.00. The average molecular weight is 298 g/mol. The monoisotopic (exact) mass is 297 g/mol. The zero-order valence-electron chi connectivity index (χ0n) is 13.1. The van der Waals surface area contributed by atoms with Gasteiger partial charge in [0, 0.05) is 28.3 Å². The van der Waals surface area contributed by atoms with E-state index in [4.69, 9.17) is 5.73 Å². The van der Waals surface area contributed by atoms with Gasteiger partial charge >= 0.3 is 0 Å². The van der Waals surface area contributed by atoms with Crippen LogP contribution in [0.15, 0.2) is 0 Å². The first kappa shape index (κ1) is 15.0. The summed E-state index contributed by atoms with van der Waals surface area (Å²) in [5.41, 5.74) is 6.96. The van der Waals surface area contributed by atoms with E-state index in [2.05, 4.69) is 13.8 Å². The highest BCUT2D eigenvalue weighted by Crippen LogP contribution is 2.61. The molecular weight excluding hydrogens is 266 g/mol. The van der Waals surface area contributed by atoms with Crippen molar-refractivity contribution >= 4 is 10.8 Å². The third-order valence-corrected chi connectivity index (χ3v) is 8.08. The summed E-state index contributed by atoms with van der Waals surface area (Å²) in [6.45, 7) is 4.38. The standard InChI is InChI=1S/C17H31NOS/c1-3-12(2)10-20(19)11-16(18)17-7-13-4-14(8-17)6-15(5-13)9-17/h12-16H,3-11,18H2,1-2H3. The summed E-state index contributed by atoms with van der Waals surface area (Å²) in [7, 11) is -0.718. The van der Waals surface area contributed by atoms with Crippen LogP contribution < -0.4 is 5.73 Å². The maximum atomic E-state index is 12.3. The molecule has 116 valence electrons. The van der Waals surface area contributed by atoms with Crippen LogP contribution in [0.1, 0.15) is 58.8 Å². The van der Waals surface area contributed by atoms with Gasteiger partial charge in [-0.1, -0.05) is 20.3 Å².